The first-order valence-electron chi connectivity index (χ1n) is 9.62. The van der Waals surface area contributed by atoms with Crippen LogP contribution in [0.3, 0.4) is 0 Å². The van der Waals surface area contributed by atoms with Crippen molar-refractivity contribution in [3.8, 4) is 5.75 Å². The molecule has 0 atom stereocenters. The minimum atomic E-state index is -0.429. The topological polar surface area (TPSA) is 98.7 Å². The summed E-state index contributed by atoms with van der Waals surface area (Å²) in [6.07, 6.45) is 5.02. The van der Waals surface area contributed by atoms with E-state index < -0.39 is 11.5 Å². The molecule has 2 aromatic heterocycles. The molecule has 0 aliphatic rings. The molecule has 0 bridgehead atoms. The van der Waals surface area contributed by atoms with E-state index in [1.807, 2.05) is 43.5 Å². The summed E-state index contributed by atoms with van der Waals surface area (Å²) < 4.78 is 12.4. The largest absolute Gasteiger partial charge is 0.484 e. The summed E-state index contributed by atoms with van der Waals surface area (Å²) in [6, 6.07) is 16.5. The van der Waals surface area contributed by atoms with Crippen molar-refractivity contribution in [2.75, 3.05) is 6.61 Å². The minimum Gasteiger partial charge on any atom is -0.484 e. The van der Waals surface area contributed by atoms with Gasteiger partial charge in [-0.1, -0.05) is 30.3 Å². The molecule has 1 amide bonds. The first-order chi connectivity index (χ1) is 15.1. The Balaban J connectivity index is 1.29. The number of benzene rings is 2. The molecule has 0 aliphatic carbocycles. The summed E-state index contributed by atoms with van der Waals surface area (Å²) in [7, 11) is 0. The predicted molar refractivity (Wildman–Crippen MR) is 116 cm³/mol. The van der Waals surface area contributed by atoms with Crippen LogP contribution in [0.2, 0.25) is 0 Å². The smallest absolute Gasteiger partial charge is 0.336 e. The number of carbonyl (C=O) groups excluding carboxylic acids is 1. The van der Waals surface area contributed by atoms with Gasteiger partial charge in [0, 0.05) is 29.3 Å². The Kier molecular flexibility index (Phi) is 5.89. The molecular weight excluding hydrogens is 396 g/mol. The highest BCUT2D eigenvalue weighted by atomic mass is 16.5. The number of rotatable bonds is 7. The van der Waals surface area contributed by atoms with E-state index in [-0.39, 0.29) is 6.61 Å². The van der Waals surface area contributed by atoms with Gasteiger partial charge < -0.3 is 9.15 Å². The number of hydrazone groups is 1. The zero-order valence-corrected chi connectivity index (χ0v) is 16.8. The van der Waals surface area contributed by atoms with Crippen molar-refractivity contribution in [2.45, 2.75) is 13.5 Å². The second-order valence-corrected chi connectivity index (χ2v) is 6.95. The molecule has 2 heterocycles. The van der Waals surface area contributed by atoms with E-state index in [1.54, 1.807) is 29.1 Å². The summed E-state index contributed by atoms with van der Waals surface area (Å²) in [4.78, 5) is 23.5. The van der Waals surface area contributed by atoms with Gasteiger partial charge in [-0.2, -0.15) is 10.2 Å². The Bertz CT molecular complexity index is 1290. The van der Waals surface area contributed by atoms with E-state index in [0.717, 1.165) is 22.1 Å². The van der Waals surface area contributed by atoms with Gasteiger partial charge in [0.15, 0.2) is 6.61 Å². The molecule has 156 valence electrons. The SMILES string of the molecule is Cc1cc(=O)oc2cc(OCC(=O)N/N=C\c3cnn(Cc4ccccc4)c3)ccc12. The molecule has 2 aromatic carbocycles. The number of ether oxygens (including phenoxy) is 1. The lowest BCUT2D eigenvalue weighted by molar-refractivity contribution is -0.123. The molecular formula is C23H20N4O4. The maximum absolute atomic E-state index is 12.0. The van der Waals surface area contributed by atoms with Crippen LogP contribution in [-0.4, -0.2) is 28.5 Å². The fraction of sp³-hybridized carbons (Fsp3) is 0.130. The third kappa shape index (κ3) is 5.24. The number of nitrogens with one attached hydrogen (secondary N) is 1. The Morgan fingerprint density at radius 3 is 2.90 bits per heavy atom. The number of fused-ring (bicyclic) bond motifs is 1. The first-order valence-corrected chi connectivity index (χ1v) is 9.62. The van der Waals surface area contributed by atoms with Gasteiger partial charge >= 0.3 is 5.63 Å². The lowest BCUT2D eigenvalue weighted by Crippen LogP contribution is -2.24. The molecule has 8 heteroatoms. The first kappa shape index (κ1) is 20.1. The molecule has 0 aliphatic heterocycles. The van der Waals surface area contributed by atoms with E-state index in [4.69, 9.17) is 9.15 Å². The van der Waals surface area contributed by atoms with Gasteiger partial charge in [-0.05, 0) is 30.2 Å². The summed E-state index contributed by atoms with van der Waals surface area (Å²) in [5.74, 6) is 0.00119. The van der Waals surface area contributed by atoms with Crippen LogP contribution in [-0.2, 0) is 11.3 Å². The van der Waals surface area contributed by atoms with Crippen molar-refractivity contribution in [2.24, 2.45) is 5.10 Å². The number of hydrogen-bond donors (Lipinski definition) is 1. The number of aromatic nitrogens is 2. The van der Waals surface area contributed by atoms with E-state index in [0.29, 0.717) is 17.9 Å². The molecule has 0 radical (unpaired) electrons. The molecule has 4 aromatic rings. The highest BCUT2D eigenvalue weighted by Crippen LogP contribution is 2.22. The number of nitrogens with zero attached hydrogens (tertiary/aromatic N) is 3. The van der Waals surface area contributed by atoms with Crippen molar-refractivity contribution in [3.05, 3.63) is 94.1 Å². The van der Waals surface area contributed by atoms with Crippen molar-refractivity contribution < 1.29 is 13.9 Å². The van der Waals surface area contributed by atoms with Gasteiger partial charge in [-0.25, -0.2) is 10.2 Å². The second-order valence-electron chi connectivity index (χ2n) is 6.95. The maximum atomic E-state index is 12.0. The van der Waals surface area contributed by atoms with Crippen molar-refractivity contribution in [1.82, 2.24) is 15.2 Å². The average molecular weight is 416 g/mol. The van der Waals surface area contributed by atoms with Crippen LogP contribution >= 0.6 is 0 Å². The van der Waals surface area contributed by atoms with Crippen LogP contribution in [0.1, 0.15) is 16.7 Å². The van der Waals surface area contributed by atoms with Crippen LogP contribution in [0, 0.1) is 6.92 Å². The highest BCUT2D eigenvalue weighted by Gasteiger charge is 2.06. The fourth-order valence-electron chi connectivity index (χ4n) is 3.06. The van der Waals surface area contributed by atoms with Gasteiger partial charge in [0.25, 0.3) is 5.91 Å². The standard InChI is InChI=1S/C23H20N4O4/c1-16-9-23(29)31-21-10-19(7-8-20(16)21)30-15-22(28)26-24-11-18-12-25-27(14-18)13-17-5-3-2-4-6-17/h2-12,14H,13,15H2,1H3,(H,26,28)/b24-11-. The second kappa shape index (κ2) is 9.08. The number of amides is 1. The Labute approximate surface area is 177 Å². The Morgan fingerprint density at radius 2 is 2.06 bits per heavy atom. The molecule has 0 spiro atoms. The average Bonchev–Trinajstić information content (AvgIpc) is 3.19. The van der Waals surface area contributed by atoms with Crippen molar-refractivity contribution in [3.63, 3.8) is 0 Å². The predicted octanol–water partition coefficient (Wildman–Crippen LogP) is 2.88. The van der Waals surface area contributed by atoms with Crippen LogP contribution in [0.25, 0.3) is 11.0 Å². The zero-order chi connectivity index (χ0) is 21.6. The summed E-state index contributed by atoms with van der Waals surface area (Å²) >= 11 is 0. The third-order valence-corrected chi connectivity index (χ3v) is 4.54. The lowest BCUT2D eigenvalue weighted by atomic mass is 10.1. The molecule has 31 heavy (non-hydrogen) atoms. The molecule has 0 saturated carbocycles. The molecule has 0 saturated heterocycles. The maximum Gasteiger partial charge on any atom is 0.336 e. The Hall–Kier alpha value is -4.20. The van der Waals surface area contributed by atoms with Gasteiger partial charge in [0.05, 0.1) is 19.0 Å². The van der Waals surface area contributed by atoms with E-state index in [2.05, 4.69) is 15.6 Å². The summed E-state index contributed by atoms with van der Waals surface area (Å²) in [6.45, 7) is 2.25. The lowest BCUT2D eigenvalue weighted by Gasteiger charge is -2.06. The number of hydrogen-bond acceptors (Lipinski definition) is 6. The quantitative estimate of drug-likeness (QED) is 0.284. The van der Waals surface area contributed by atoms with Crippen LogP contribution < -0.4 is 15.8 Å². The molecule has 1 N–H and O–H groups in total. The minimum absolute atomic E-state index is 0.230. The molecule has 8 nitrogen and oxygen atoms in total. The van der Waals surface area contributed by atoms with Crippen LogP contribution in [0.5, 0.6) is 5.75 Å². The highest BCUT2D eigenvalue weighted by molar-refractivity contribution is 5.83. The Morgan fingerprint density at radius 1 is 1.23 bits per heavy atom. The van der Waals surface area contributed by atoms with Gasteiger partial charge in [-0.3, -0.25) is 9.48 Å². The van der Waals surface area contributed by atoms with Crippen LogP contribution in [0.15, 0.2) is 81.3 Å². The van der Waals surface area contributed by atoms with Crippen molar-refractivity contribution >= 4 is 23.1 Å². The summed E-state index contributed by atoms with van der Waals surface area (Å²) in [5, 5.41) is 9.02. The van der Waals surface area contributed by atoms with E-state index in [1.165, 1.54) is 12.3 Å². The fourth-order valence-corrected chi connectivity index (χ4v) is 3.06. The number of carbonyl (C=O) groups is 1. The van der Waals surface area contributed by atoms with E-state index >= 15 is 0 Å². The third-order valence-electron chi connectivity index (χ3n) is 4.54. The number of aryl methyl sites for hydroxylation is 1. The van der Waals surface area contributed by atoms with E-state index in [9.17, 15) is 9.59 Å². The van der Waals surface area contributed by atoms with Crippen molar-refractivity contribution in [1.29, 1.82) is 0 Å². The van der Waals surface area contributed by atoms with Gasteiger partial charge in [0.1, 0.15) is 11.3 Å². The monoisotopic (exact) mass is 416 g/mol. The molecule has 0 fully saturated rings. The summed E-state index contributed by atoms with van der Waals surface area (Å²) in [5.41, 5.74) is 5.11. The zero-order valence-electron chi connectivity index (χ0n) is 16.8. The normalized spacial score (nSPS) is 11.1. The van der Waals surface area contributed by atoms with Gasteiger partial charge in [-0.15, -0.1) is 0 Å². The molecule has 0 unspecified atom stereocenters. The van der Waals surface area contributed by atoms with Crippen LogP contribution in [0.4, 0.5) is 0 Å². The molecule has 4 rings (SSSR count). The van der Waals surface area contributed by atoms with Gasteiger partial charge in [0.2, 0.25) is 0 Å².